The van der Waals surface area contributed by atoms with Gasteiger partial charge in [-0.25, -0.2) is 9.59 Å². The van der Waals surface area contributed by atoms with Gasteiger partial charge in [0.25, 0.3) is 0 Å². The molecular formula is C29H28N4O5. The van der Waals surface area contributed by atoms with Crippen LogP contribution in [-0.4, -0.2) is 40.1 Å². The highest BCUT2D eigenvalue weighted by Gasteiger charge is 2.44. The Balaban J connectivity index is 1.27. The molecule has 1 aromatic heterocycles. The summed E-state index contributed by atoms with van der Waals surface area (Å²) in [6.07, 6.45) is 7.94. The molecule has 1 saturated heterocycles. The molecule has 0 radical (unpaired) electrons. The van der Waals surface area contributed by atoms with E-state index in [4.69, 9.17) is 9.15 Å². The third-order valence-corrected chi connectivity index (χ3v) is 7.68. The van der Waals surface area contributed by atoms with Crippen molar-refractivity contribution in [2.75, 3.05) is 18.4 Å². The highest BCUT2D eigenvalue weighted by Crippen LogP contribution is 2.44. The first-order chi connectivity index (χ1) is 18.3. The number of oxazole rings is 1. The van der Waals surface area contributed by atoms with Gasteiger partial charge in [0.2, 0.25) is 5.78 Å². The zero-order chi connectivity index (χ0) is 26.4. The Morgan fingerprint density at radius 2 is 1.92 bits per heavy atom. The van der Waals surface area contributed by atoms with E-state index in [1.165, 1.54) is 4.57 Å². The highest BCUT2D eigenvalue weighted by atomic mass is 16.6. The van der Waals surface area contributed by atoms with E-state index in [0.717, 1.165) is 35.4 Å². The fourth-order valence-electron chi connectivity index (χ4n) is 5.75. The zero-order valence-electron chi connectivity index (χ0n) is 21.3. The Labute approximate surface area is 219 Å². The molecule has 0 aliphatic carbocycles. The Morgan fingerprint density at radius 3 is 2.74 bits per heavy atom. The van der Waals surface area contributed by atoms with Crippen molar-refractivity contribution >= 4 is 34.4 Å². The summed E-state index contributed by atoms with van der Waals surface area (Å²) in [5.41, 5.74) is 4.75. The van der Waals surface area contributed by atoms with Crippen molar-refractivity contribution in [2.24, 2.45) is 12.0 Å². The van der Waals surface area contributed by atoms with Crippen LogP contribution in [0.15, 0.2) is 74.7 Å². The zero-order valence-corrected chi connectivity index (χ0v) is 21.3. The monoisotopic (exact) mass is 512 g/mol. The maximum atomic E-state index is 13.6. The summed E-state index contributed by atoms with van der Waals surface area (Å²) >= 11 is 0. The van der Waals surface area contributed by atoms with Crippen LogP contribution in [0, 0.1) is 6.92 Å². The minimum absolute atomic E-state index is 0.236. The number of aryl methyl sites for hydroxylation is 2. The number of amides is 1. The molecule has 194 valence electrons. The second-order valence-electron chi connectivity index (χ2n) is 10.0. The number of hydrogen-bond acceptors (Lipinski definition) is 7. The van der Waals surface area contributed by atoms with E-state index in [1.54, 1.807) is 25.4 Å². The van der Waals surface area contributed by atoms with Gasteiger partial charge in [0, 0.05) is 56.0 Å². The number of anilines is 1. The van der Waals surface area contributed by atoms with Gasteiger partial charge in [0.15, 0.2) is 5.58 Å². The fraction of sp³-hybridized carbons (Fsp3) is 0.310. The summed E-state index contributed by atoms with van der Waals surface area (Å²) in [4.78, 5) is 44.6. The van der Waals surface area contributed by atoms with Crippen molar-refractivity contribution in [2.45, 2.75) is 38.2 Å². The third-order valence-electron chi connectivity index (χ3n) is 7.68. The lowest BCUT2D eigenvalue weighted by Gasteiger charge is -2.45. The molecule has 3 aliphatic heterocycles. The average Bonchev–Trinajstić information content (AvgIpc) is 3.18. The Hall–Kier alpha value is -4.40. The van der Waals surface area contributed by atoms with E-state index in [2.05, 4.69) is 15.2 Å². The quantitative estimate of drug-likeness (QED) is 0.505. The number of allylic oxidation sites excluding steroid dienone is 3. The van der Waals surface area contributed by atoms with E-state index in [9.17, 15) is 14.4 Å². The van der Waals surface area contributed by atoms with Gasteiger partial charge < -0.3 is 14.1 Å². The molecule has 9 heteroatoms. The highest BCUT2D eigenvalue weighted by molar-refractivity contribution is 6.50. The van der Waals surface area contributed by atoms with Gasteiger partial charge in [0.05, 0.1) is 11.2 Å². The predicted molar refractivity (Wildman–Crippen MR) is 143 cm³/mol. The van der Waals surface area contributed by atoms with Crippen molar-refractivity contribution in [3.05, 3.63) is 87.7 Å². The van der Waals surface area contributed by atoms with Crippen molar-refractivity contribution < 1.29 is 18.7 Å². The first kappa shape index (κ1) is 24.0. The number of para-hydroxylation sites is 1. The summed E-state index contributed by atoms with van der Waals surface area (Å²) in [5, 5.41) is 2.80. The molecule has 0 unspecified atom stereocenters. The average molecular weight is 513 g/mol. The SMILES string of the molecule is Cc1cc(C(=O)C2=NC=CCCC(N3CCC4(CC3)OC(=O)Nc3ccccc34)=C2)cc2oc(=O)n(C)c12. The van der Waals surface area contributed by atoms with Gasteiger partial charge in [-0.2, -0.15) is 0 Å². The first-order valence-corrected chi connectivity index (χ1v) is 12.8. The van der Waals surface area contributed by atoms with Crippen LogP contribution in [0.4, 0.5) is 10.5 Å². The van der Waals surface area contributed by atoms with E-state index >= 15 is 0 Å². The van der Waals surface area contributed by atoms with Crippen LogP contribution < -0.4 is 11.1 Å². The van der Waals surface area contributed by atoms with Gasteiger partial charge in [-0.1, -0.05) is 24.3 Å². The molecule has 6 rings (SSSR count). The van der Waals surface area contributed by atoms with Gasteiger partial charge >= 0.3 is 11.8 Å². The van der Waals surface area contributed by atoms with Crippen LogP contribution in [0.2, 0.25) is 0 Å². The van der Waals surface area contributed by atoms with Crippen LogP contribution in [0.5, 0.6) is 0 Å². The minimum Gasteiger partial charge on any atom is -0.438 e. The molecule has 1 spiro atoms. The van der Waals surface area contributed by atoms with E-state index in [1.807, 2.05) is 43.3 Å². The van der Waals surface area contributed by atoms with Crippen LogP contribution in [0.25, 0.3) is 11.1 Å². The standard InChI is InChI=1S/C29H28N4O5/c1-18-15-19(16-24-25(18)32(2)28(36)37-24)26(34)23-17-20(7-5-6-12-30-23)33-13-10-29(11-14-33)21-8-3-4-9-22(21)31-27(35)38-29/h3-4,6,8-9,12,15-17H,5,7,10-11,13-14H2,1-2H3,(H,31,35). The minimum atomic E-state index is -0.656. The molecule has 1 fully saturated rings. The maximum Gasteiger partial charge on any atom is 0.419 e. The summed E-state index contributed by atoms with van der Waals surface area (Å²) < 4.78 is 12.7. The number of fused-ring (bicyclic) bond motifs is 3. The van der Waals surface area contributed by atoms with E-state index in [-0.39, 0.29) is 5.78 Å². The second kappa shape index (κ2) is 9.16. The molecular weight excluding hydrogens is 484 g/mol. The first-order valence-electron chi connectivity index (χ1n) is 12.8. The number of benzene rings is 2. The molecule has 1 amide bonds. The number of piperidine rings is 1. The number of hydrogen-bond donors (Lipinski definition) is 1. The summed E-state index contributed by atoms with van der Waals surface area (Å²) in [6.45, 7) is 3.21. The molecule has 3 aromatic rings. The number of nitrogens with one attached hydrogen (secondary N) is 1. The van der Waals surface area contributed by atoms with Gasteiger partial charge in [-0.3, -0.25) is 19.7 Å². The molecule has 0 saturated carbocycles. The van der Waals surface area contributed by atoms with E-state index in [0.29, 0.717) is 48.3 Å². The molecule has 4 heterocycles. The Bertz CT molecular complexity index is 1620. The Kier molecular flexibility index (Phi) is 5.78. The van der Waals surface area contributed by atoms with Crippen LogP contribution >= 0.6 is 0 Å². The van der Waals surface area contributed by atoms with Gasteiger partial charge in [-0.15, -0.1) is 0 Å². The summed E-state index contributed by atoms with van der Waals surface area (Å²) in [5.74, 6) is -0.703. The number of Topliss-reactive ketones (excluding diaryl/α,β-unsaturated/α-hetero) is 1. The summed E-state index contributed by atoms with van der Waals surface area (Å²) in [7, 11) is 1.65. The number of rotatable bonds is 3. The van der Waals surface area contributed by atoms with Gasteiger partial charge in [-0.05, 0) is 49.6 Å². The van der Waals surface area contributed by atoms with Gasteiger partial charge in [0.1, 0.15) is 11.3 Å². The van der Waals surface area contributed by atoms with Crippen LogP contribution in [0.3, 0.4) is 0 Å². The maximum absolute atomic E-state index is 13.6. The lowest BCUT2D eigenvalue weighted by Crippen LogP contribution is -2.48. The Morgan fingerprint density at radius 1 is 1.13 bits per heavy atom. The number of aromatic nitrogens is 1. The third kappa shape index (κ3) is 4.04. The molecule has 38 heavy (non-hydrogen) atoms. The number of likely N-dealkylation sites (tertiary alicyclic amines) is 1. The molecule has 0 bridgehead atoms. The van der Waals surface area contributed by atoms with E-state index < -0.39 is 17.5 Å². The lowest BCUT2D eigenvalue weighted by atomic mass is 9.82. The van der Waals surface area contributed by atoms with Crippen LogP contribution in [-0.2, 0) is 17.4 Å². The normalized spacial score (nSPS) is 18.7. The van der Waals surface area contributed by atoms with Crippen molar-refractivity contribution in [1.29, 1.82) is 0 Å². The largest absolute Gasteiger partial charge is 0.438 e. The molecule has 2 aromatic carbocycles. The number of ketones is 1. The molecule has 3 aliphatic rings. The smallest absolute Gasteiger partial charge is 0.419 e. The topological polar surface area (TPSA) is 106 Å². The number of ether oxygens (including phenoxy) is 1. The summed E-state index contributed by atoms with van der Waals surface area (Å²) in [6, 6.07) is 11.2. The van der Waals surface area contributed by atoms with Crippen molar-refractivity contribution in [1.82, 2.24) is 9.47 Å². The number of nitrogens with zero attached hydrogens (tertiary/aromatic N) is 3. The molecule has 0 atom stereocenters. The van der Waals surface area contributed by atoms with Crippen molar-refractivity contribution in [3.63, 3.8) is 0 Å². The number of carbonyl (C=O) groups is 2. The fourth-order valence-corrected chi connectivity index (χ4v) is 5.75. The number of carbonyl (C=O) groups excluding carboxylic acids is 2. The second-order valence-corrected chi connectivity index (χ2v) is 10.0. The molecule has 1 N–H and O–H groups in total. The molecule has 9 nitrogen and oxygen atoms in total. The van der Waals surface area contributed by atoms with Crippen molar-refractivity contribution in [3.8, 4) is 0 Å². The number of aliphatic imine (C=N–C) groups is 1. The van der Waals surface area contributed by atoms with Crippen LogP contribution in [0.1, 0.15) is 47.2 Å². The lowest BCUT2D eigenvalue weighted by molar-refractivity contribution is -0.0324. The predicted octanol–water partition coefficient (Wildman–Crippen LogP) is 4.81.